The molecular formula is C13H18N2O. The molecule has 0 aromatic heterocycles. The zero-order chi connectivity index (χ0) is 11.2. The molecule has 0 amide bonds. The van der Waals surface area contributed by atoms with Gasteiger partial charge in [-0.15, -0.1) is 0 Å². The molecule has 3 heteroatoms. The third-order valence-electron chi connectivity index (χ3n) is 2.80. The van der Waals surface area contributed by atoms with Crippen molar-refractivity contribution in [1.29, 1.82) is 0 Å². The van der Waals surface area contributed by atoms with Gasteiger partial charge in [0.2, 0.25) is 0 Å². The van der Waals surface area contributed by atoms with E-state index in [9.17, 15) is 0 Å². The number of likely N-dealkylation sites (N-methyl/N-ethyl adjacent to an activating group) is 1. The maximum atomic E-state index is 5.13. The summed E-state index contributed by atoms with van der Waals surface area (Å²) in [6.07, 6.45) is 1.57. The van der Waals surface area contributed by atoms with Crippen LogP contribution in [0.15, 0.2) is 35.3 Å². The Morgan fingerprint density at radius 2 is 2.19 bits per heavy atom. The smallest absolute Gasteiger partial charge is 0.169 e. The highest BCUT2D eigenvalue weighted by molar-refractivity contribution is 5.48. The van der Waals surface area contributed by atoms with Gasteiger partial charge < -0.3 is 4.74 Å². The topological polar surface area (TPSA) is 24.8 Å². The predicted molar refractivity (Wildman–Crippen MR) is 65.6 cm³/mol. The second-order valence-corrected chi connectivity index (χ2v) is 4.05. The van der Waals surface area contributed by atoms with Crippen molar-refractivity contribution in [2.45, 2.75) is 19.5 Å². The molecule has 16 heavy (non-hydrogen) atoms. The molecule has 1 atom stereocenters. The minimum absolute atomic E-state index is 0.309. The number of rotatable bonds is 5. The highest BCUT2D eigenvalue weighted by Crippen LogP contribution is 2.07. The molecule has 3 nitrogen and oxygen atoms in total. The SMILES string of the molecule is CCN(Cc1ccccc1)CC1COC=N1. The van der Waals surface area contributed by atoms with Crippen molar-refractivity contribution in [3.05, 3.63) is 35.9 Å². The molecule has 1 heterocycles. The lowest BCUT2D eigenvalue weighted by atomic mass is 10.2. The van der Waals surface area contributed by atoms with Crippen LogP contribution in [0.3, 0.4) is 0 Å². The van der Waals surface area contributed by atoms with Gasteiger partial charge in [-0.05, 0) is 12.1 Å². The molecular weight excluding hydrogens is 200 g/mol. The molecule has 1 aliphatic heterocycles. The molecule has 0 saturated heterocycles. The van der Waals surface area contributed by atoms with Gasteiger partial charge in [-0.3, -0.25) is 9.89 Å². The summed E-state index contributed by atoms with van der Waals surface area (Å²) in [7, 11) is 0. The van der Waals surface area contributed by atoms with Crippen LogP contribution in [0.25, 0.3) is 0 Å². The van der Waals surface area contributed by atoms with Crippen LogP contribution < -0.4 is 0 Å². The summed E-state index contributed by atoms with van der Waals surface area (Å²) in [6.45, 7) is 5.92. The van der Waals surface area contributed by atoms with E-state index in [1.54, 1.807) is 6.40 Å². The lowest BCUT2D eigenvalue weighted by Gasteiger charge is -2.22. The van der Waals surface area contributed by atoms with E-state index in [0.717, 1.165) is 26.2 Å². The molecule has 0 N–H and O–H groups in total. The van der Waals surface area contributed by atoms with Crippen molar-refractivity contribution < 1.29 is 4.74 Å². The number of nitrogens with zero attached hydrogens (tertiary/aromatic N) is 2. The van der Waals surface area contributed by atoms with Gasteiger partial charge in [0.05, 0.1) is 6.04 Å². The molecule has 1 aromatic carbocycles. The Hall–Kier alpha value is -1.35. The Morgan fingerprint density at radius 1 is 1.38 bits per heavy atom. The summed E-state index contributed by atoms with van der Waals surface area (Å²) < 4.78 is 5.13. The minimum Gasteiger partial charge on any atom is -0.481 e. The summed E-state index contributed by atoms with van der Waals surface area (Å²) in [6, 6.07) is 10.9. The molecule has 1 unspecified atom stereocenters. The van der Waals surface area contributed by atoms with Gasteiger partial charge in [0.25, 0.3) is 0 Å². The summed E-state index contributed by atoms with van der Waals surface area (Å²) in [4.78, 5) is 6.67. The average Bonchev–Trinajstić information content (AvgIpc) is 2.82. The lowest BCUT2D eigenvalue weighted by Crippen LogP contribution is -2.31. The van der Waals surface area contributed by atoms with Crippen LogP contribution in [0.4, 0.5) is 0 Å². The fourth-order valence-corrected chi connectivity index (χ4v) is 1.87. The van der Waals surface area contributed by atoms with Crippen molar-refractivity contribution in [2.75, 3.05) is 19.7 Å². The third-order valence-corrected chi connectivity index (χ3v) is 2.80. The monoisotopic (exact) mass is 218 g/mol. The van der Waals surface area contributed by atoms with Gasteiger partial charge in [-0.2, -0.15) is 0 Å². The Morgan fingerprint density at radius 3 is 2.81 bits per heavy atom. The Kier molecular flexibility index (Phi) is 3.94. The van der Waals surface area contributed by atoms with Gasteiger partial charge in [0, 0.05) is 13.1 Å². The number of hydrogen-bond donors (Lipinski definition) is 0. The number of benzene rings is 1. The van der Waals surface area contributed by atoms with E-state index in [-0.39, 0.29) is 0 Å². The molecule has 0 radical (unpaired) electrons. The first-order chi connectivity index (χ1) is 7.88. The normalized spacial score (nSPS) is 19.0. The van der Waals surface area contributed by atoms with Crippen molar-refractivity contribution in [3.63, 3.8) is 0 Å². The molecule has 2 rings (SSSR count). The lowest BCUT2D eigenvalue weighted by molar-refractivity contribution is 0.233. The van der Waals surface area contributed by atoms with Gasteiger partial charge >= 0.3 is 0 Å². The van der Waals surface area contributed by atoms with Crippen LogP contribution >= 0.6 is 0 Å². The van der Waals surface area contributed by atoms with Crippen LogP contribution in [0.5, 0.6) is 0 Å². The zero-order valence-electron chi connectivity index (χ0n) is 9.67. The molecule has 0 fully saturated rings. The van der Waals surface area contributed by atoms with Crippen molar-refractivity contribution in [2.24, 2.45) is 4.99 Å². The molecule has 86 valence electrons. The van der Waals surface area contributed by atoms with Gasteiger partial charge in [-0.25, -0.2) is 0 Å². The minimum atomic E-state index is 0.309. The van der Waals surface area contributed by atoms with E-state index in [1.807, 2.05) is 0 Å². The second kappa shape index (κ2) is 5.66. The summed E-state index contributed by atoms with van der Waals surface area (Å²) in [5, 5.41) is 0. The van der Waals surface area contributed by atoms with Gasteiger partial charge in [-0.1, -0.05) is 37.3 Å². The maximum Gasteiger partial charge on any atom is 0.169 e. The molecule has 0 saturated carbocycles. The van der Waals surface area contributed by atoms with Gasteiger partial charge in [0.15, 0.2) is 6.40 Å². The molecule has 0 bridgehead atoms. The zero-order valence-corrected chi connectivity index (χ0v) is 9.67. The molecule has 0 aliphatic carbocycles. The molecule has 1 aliphatic rings. The largest absolute Gasteiger partial charge is 0.481 e. The van der Waals surface area contributed by atoms with Crippen LogP contribution in [0, 0.1) is 0 Å². The van der Waals surface area contributed by atoms with E-state index in [1.165, 1.54) is 5.56 Å². The second-order valence-electron chi connectivity index (χ2n) is 4.05. The highest BCUT2D eigenvalue weighted by atomic mass is 16.5. The van der Waals surface area contributed by atoms with Crippen molar-refractivity contribution in [1.82, 2.24) is 4.90 Å². The Labute approximate surface area is 96.7 Å². The van der Waals surface area contributed by atoms with E-state index in [2.05, 4.69) is 47.1 Å². The van der Waals surface area contributed by atoms with Gasteiger partial charge in [0.1, 0.15) is 6.61 Å². The predicted octanol–water partition coefficient (Wildman–Crippen LogP) is 1.94. The molecule has 0 spiro atoms. The van der Waals surface area contributed by atoms with Crippen LogP contribution in [-0.4, -0.2) is 37.0 Å². The number of aliphatic imine (C=N–C) groups is 1. The van der Waals surface area contributed by atoms with Crippen molar-refractivity contribution in [3.8, 4) is 0 Å². The van der Waals surface area contributed by atoms with Crippen LogP contribution in [-0.2, 0) is 11.3 Å². The molecule has 1 aromatic rings. The Balaban J connectivity index is 1.88. The van der Waals surface area contributed by atoms with E-state index in [4.69, 9.17) is 4.74 Å². The van der Waals surface area contributed by atoms with E-state index < -0.39 is 0 Å². The van der Waals surface area contributed by atoms with Crippen LogP contribution in [0.1, 0.15) is 12.5 Å². The fraction of sp³-hybridized carbons (Fsp3) is 0.462. The van der Waals surface area contributed by atoms with E-state index in [0.29, 0.717) is 6.04 Å². The quantitative estimate of drug-likeness (QED) is 0.754. The number of ether oxygens (including phenoxy) is 1. The first-order valence-electron chi connectivity index (χ1n) is 5.78. The maximum absolute atomic E-state index is 5.13. The van der Waals surface area contributed by atoms with Crippen LogP contribution in [0.2, 0.25) is 0 Å². The third kappa shape index (κ3) is 3.07. The summed E-state index contributed by atoms with van der Waals surface area (Å²) in [5.41, 5.74) is 1.35. The first kappa shape index (κ1) is 11.1. The average molecular weight is 218 g/mol. The summed E-state index contributed by atoms with van der Waals surface area (Å²) in [5.74, 6) is 0. The number of hydrogen-bond acceptors (Lipinski definition) is 3. The first-order valence-corrected chi connectivity index (χ1v) is 5.78. The highest BCUT2D eigenvalue weighted by Gasteiger charge is 2.15. The summed E-state index contributed by atoms with van der Waals surface area (Å²) >= 11 is 0. The standard InChI is InChI=1S/C13H18N2O/c1-2-15(9-13-10-16-11-14-13)8-12-6-4-3-5-7-12/h3-7,11,13H,2,8-10H2,1H3. The van der Waals surface area contributed by atoms with E-state index >= 15 is 0 Å². The van der Waals surface area contributed by atoms with Crippen molar-refractivity contribution >= 4 is 6.40 Å². The fourth-order valence-electron chi connectivity index (χ4n) is 1.87. The Bertz CT molecular complexity index is 337.